The molecular weight excluding hydrogens is 256 g/mol. The predicted molar refractivity (Wildman–Crippen MR) is 79.3 cm³/mol. The Morgan fingerprint density at radius 2 is 2.00 bits per heavy atom. The first-order valence-electron chi connectivity index (χ1n) is 7.30. The summed E-state index contributed by atoms with van der Waals surface area (Å²) in [6, 6.07) is -0.191. The van der Waals surface area contributed by atoms with Crippen LogP contribution in [0.2, 0.25) is 0 Å². The van der Waals surface area contributed by atoms with Crippen LogP contribution >= 0.6 is 0 Å². The normalized spacial score (nSPS) is 22.1. The summed E-state index contributed by atoms with van der Waals surface area (Å²) in [6.45, 7) is 8.66. The van der Waals surface area contributed by atoms with Crippen molar-refractivity contribution in [1.82, 2.24) is 15.5 Å². The second-order valence-electron chi connectivity index (χ2n) is 6.65. The van der Waals surface area contributed by atoms with Crippen molar-refractivity contribution in [2.24, 2.45) is 5.73 Å². The standard InChI is InChI=1S/C14H28N4O2/c1-10(15)11-7-5-6-8-18(11)9-12(19)16-13(20)17-14(2,3)4/h10-11H,5-9,15H2,1-4H3,(H2,16,17,19,20). The average molecular weight is 284 g/mol. The molecule has 1 heterocycles. The Labute approximate surface area is 121 Å². The van der Waals surface area contributed by atoms with Crippen molar-refractivity contribution in [2.75, 3.05) is 13.1 Å². The van der Waals surface area contributed by atoms with Gasteiger partial charge in [-0.05, 0) is 47.1 Å². The molecular formula is C14H28N4O2. The number of carbonyl (C=O) groups excluding carboxylic acids is 2. The van der Waals surface area contributed by atoms with E-state index in [9.17, 15) is 9.59 Å². The molecule has 6 nitrogen and oxygen atoms in total. The lowest BCUT2D eigenvalue weighted by Crippen LogP contribution is -2.54. The molecule has 1 fully saturated rings. The summed E-state index contributed by atoms with van der Waals surface area (Å²) in [4.78, 5) is 25.6. The van der Waals surface area contributed by atoms with Crippen LogP contribution in [0.25, 0.3) is 0 Å². The van der Waals surface area contributed by atoms with E-state index in [2.05, 4.69) is 15.5 Å². The Morgan fingerprint density at radius 1 is 1.35 bits per heavy atom. The minimum Gasteiger partial charge on any atom is -0.333 e. The van der Waals surface area contributed by atoms with Crippen LogP contribution in [0.15, 0.2) is 0 Å². The number of imide groups is 1. The van der Waals surface area contributed by atoms with Crippen molar-refractivity contribution in [3.63, 3.8) is 0 Å². The molecule has 1 aliphatic heterocycles. The van der Waals surface area contributed by atoms with Gasteiger partial charge in [0.05, 0.1) is 6.54 Å². The first kappa shape index (κ1) is 16.9. The molecule has 0 aromatic rings. The number of likely N-dealkylation sites (tertiary alicyclic amines) is 1. The number of urea groups is 1. The van der Waals surface area contributed by atoms with E-state index >= 15 is 0 Å². The maximum absolute atomic E-state index is 11.9. The van der Waals surface area contributed by atoms with Crippen molar-refractivity contribution in [3.05, 3.63) is 0 Å². The molecule has 6 heteroatoms. The lowest BCUT2D eigenvalue weighted by atomic mass is 9.97. The third-order valence-corrected chi connectivity index (χ3v) is 3.36. The van der Waals surface area contributed by atoms with Gasteiger partial charge in [0.2, 0.25) is 5.91 Å². The number of amides is 3. The number of nitrogens with zero attached hydrogens (tertiary/aromatic N) is 1. The largest absolute Gasteiger partial charge is 0.333 e. The van der Waals surface area contributed by atoms with Gasteiger partial charge in [-0.2, -0.15) is 0 Å². The Morgan fingerprint density at radius 3 is 2.55 bits per heavy atom. The molecule has 0 spiro atoms. The molecule has 0 saturated carbocycles. The minimum absolute atomic E-state index is 0.0338. The quantitative estimate of drug-likeness (QED) is 0.716. The minimum atomic E-state index is -0.447. The number of hydrogen-bond donors (Lipinski definition) is 3. The Balaban J connectivity index is 2.46. The van der Waals surface area contributed by atoms with E-state index in [1.54, 1.807) is 0 Å². The Bertz CT molecular complexity index is 350. The van der Waals surface area contributed by atoms with Crippen LogP contribution in [0.1, 0.15) is 47.0 Å². The van der Waals surface area contributed by atoms with Gasteiger partial charge >= 0.3 is 6.03 Å². The fourth-order valence-electron chi connectivity index (χ4n) is 2.53. The van der Waals surface area contributed by atoms with Gasteiger partial charge in [0.1, 0.15) is 0 Å². The lowest BCUT2D eigenvalue weighted by molar-refractivity contribution is -0.122. The second kappa shape index (κ2) is 7.04. The zero-order chi connectivity index (χ0) is 15.3. The molecule has 0 bridgehead atoms. The van der Waals surface area contributed by atoms with E-state index in [-0.39, 0.29) is 30.1 Å². The first-order valence-corrected chi connectivity index (χ1v) is 7.30. The van der Waals surface area contributed by atoms with Crippen LogP contribution in [0.4, 0.5) is 4.79 Å². The first-order chi connectivity index (χ1) is 9.19. The summed E-state index contributed by atoms with van der Waals surface area (Å²) in [5.74, 6) is -0.278. The van der Waals surface area contributed by atoms with Crippen molar-refractivity contribution < 1.29 is 9.59 Å². The number of piperidine rings is 1. The summed E-state index contributed by atoms with van der Waals surface area (Å²) in [7, 11) is 0. The highest BCUT2D eigenvalue weighted by Gasteiger charge is 2.27. The van der Waals surface area contributed by atoms with E-state index in [4.69, 9.17) is 5.73 Å². The maximum atomic E-state index is 11.9. The van der Waals surface area contributed by atoms with Crippen LogP contribution in [-0.4, -0.2) is 47.6 Å². The molecule has 2 atom stereocenters. The molecule has 4 N–H and O–H groups in total. The fraction of sp³-hybridized carbons (Fsp3) is 0.857. The summed E-state index contributed by atoms with van der Waals surface area (Å²) < 4.78 is 0. The summed E-state index contributed by atoms with van der Waals surface area (Å²) in [6.07, 6.45) is 3.23. The monoisotopic (exact) mass is 284 g/mol. The second-order valence-corrected chi connectivity index (χ2v) is 6.65. The number of hydrogen-bond acceptors (Lipinski definition) is 4. The van der Waals surface area contributed by atoms with Crippen molar-refractivity contribution >= 4 is 11.9 Å². The van der Waals surface area contributed by atoms with Gasteiger partial charge in [-0.1, -0.05) is 6.42 Å². The highest BCUT2D eigenvalue weighted by Crippen LogP contribution is 2.18. The maximum Gasteiger partial charge on any atom is 0.321 e. The van der Waals surface area contributed by atoms with E-state index in [1.165, 1.54) is 0 Å². The van der Waals surface area contributed by atoms with Gasteiger partial charge in [-0.25, -0.2) is 4.79 Å². The molecule has 2 unspecified atom stereocenters. The summed E-state index contributed by atoms with van der Waals surface area (Å²) in [5, 5.41) is 5.08. The van der Waals surface area contributed by atoms with Gasteiger partial charge in [-0.3, -0.25) is 15.0 Å². The predicted octanol–water partition coefficient (Wildman–Crippen LogP) is 0.812. The molecule has 1 rings (SSSR count). The third kappa shape index (κ3) is 5.88. The molecule has 0 aromatic heterocycles. The Kier molecular flexibility index (Phi) is 5.95. The van der Waals surface area contributed by atoms with Gasteiger partial charge < -0.3 is 11.1 Å². The molecule has 0 aromatic carbocycles. The van der Waals surface area contributed by atoms with Crippen LogP contribution < -0.4 is 16.4 Å². The van der Waals surface area contributed by atoms with Crippen molar-refractivity contribution in [1.29, 1.82) is 0 Å². The highest BCUT2D eigenvalue weighted by atomic mass is 16.2. The van der Waals surface area contributed by atoms with Gasteiger partial charge in [-0.15, -0.1) is 0 Å². The number of nitrogens with two attached hydrogens (primary N) is 1. The zero-order valence-electron chi connectivity index (χ0n) is 13.0. The third-order valence-electron chi connectivity index (χ3n) is 3.36. The molecule has 116 valence electrons. The number of carbonyl (C=O) groups is 2. The SMILES string of the molecule is CC(N)C1CCCCN1CC(=O)NC(=O)NC(C)(C)C. The van der Waals surface area contributed by atoms with Crippen molar-refractivity contribution in [2.45, 2.75) is 64.6 Å². The van der Waals surface area contributed by atoms with E-state index in [0.29, 0.717) is 0 Å². The highest BCUT2D eigenvalue weighted by molar-refractivity contribution is 5.95. The van der Waals surface area contributed by atoms with Gasteiger partial charge in [0, 0.05) is 17.6 Å². The smallest absolute Gasteiger partial charge is 0.321 e. The molecule has 3 amide bonds. The number of nitrogens with one attached hydrogen (secondary N) is 2. The van der Waals surface area contributed by atoms with E-state index in [1.807, 2.05) is 27.7 Å². The Hall–Kier alpha value is -1.14. The van der Waals surface area contributed by atoms with Crippen molar-refractivity contribution in [3.8, 4) is 0 Å². The zero-order valence-corrected chi connectivity index (χ0v) is 13.0. The summed E-state index contributed by atoms with van der Waals surface area (Å²) in [5.41, 5.74) is 5.61. The van der Waals surface area contributed by atoms with Crippen LogP contribution in [0.5, 0.6) is 0 Å². The van der Waals surface area contributed by atoms with Gasteiger partial charge in [0.25, 0.3) is 0 Å². The fourth-order valence-corrected chi connectivity index (χ4v) is 2.53. The van der Waals surface area contributed by atoms with Crippen LogP contribution in [-0.2, 0) is 4.79 Å². The molecule has 0 aliphatic carbocycles. The molecule has 1 saturated heterocycles. The summed E-state index contributed by atoms with van der Waals surface area (Å²) >= 11 is 0. The van der Waals surface area contributed by atoms with E-state index < -0.39 is 6.03 Å². The molecule has 20 heavy (non-hydrogen) atoms. The van der Waals surface area contributed by atoms with Crippen LogP contribution in [0.3, 0.4) is 0 Å². The molecule has 0 radical (unpaired) electrons. The average Bonchev–Trinajstić information content (AvgIpc) is 2.26. The lowest BCUT2D eigenvalue weighted by Gasteiger charge is -2.37. The number of rotatable bonds is 3. The van der Waals surface area contributed by atoms with Crippen LogP contribution in [0, 0.1) is 0 Å². The van der Waals surface area contributed by atoms with E-state index in [0.717, 1.165) is 25.8 Å². The topological polar surface area (TPSA) is 87.5 Å². The molecule has 1 aliphatic rings. The van der Waals surface area contributed by atoms with Gasteiger partial charge in [0.15, 0.2) is 0 Å².